The molecule has 3 aliphatic rings. The Morgan fingerprint density at radius 2 is 1.78 bits per heavy atom. The molecule has 1 atom stereocenters. The number of imide groups is 1. The molecule has 4 rings (SSSR count). The average Bonchev–Trinajstić information content (AvgIpc) is 3.16. The van der Waals surface area contributed by atoms with Crippen LogP contribution in [0, 0.1) is 0 Å². The van der Waals surface area contributed by atoms with Crippen LogP contribution in [0.15, 0.2) is 18.5 Å². The maximum absolute atomic E-state index is 12.4. The molecule has 3 amide bonds. The minimum absolute atomic E-state index is 0.0266. The molecule has 3 saturated heterocycles. The lowest BCUT2D eigenvalue weighted by Crippen LogP contribution is -2.51. The molecular formula is C15H20N6O2. The van der Waals surface area contributed by atoms with Crippen LogP contribution in [0.2, 0.25) is 0 Å². The highest BCUT2D eigenvalue weighted by molar-refractivity contribution is 6.04. The smallest absolute Gasteiger partial charge is 0.328 e. The van der Waals surface area contributed by atoms with Crippen molar-refractivity contribution in [1.82, 2.24) is 24.7 Å². The fourth-order valence-electron chi connectivity index (χ4n) is 3.56. The van der Waals surface area contributed by atoms with E-state index in [2.05, 4.69) is 19.8 Å². The Labute approximate surface area is 134 Å². The summed E-state index contributed by atoms with van der Waals surface area (Å²) in [6.45, 7) is 4.29. The van der Waals surface area contributed by atoms with Gasteiger partial charge in [-0.2, -0.15) is 0 Å². The van der Waals surface area contributed by atoms with E-state index in [-0.39, 0.29) is 18.0 Å². The summed E-state index contributed by atoms with van der Waals surface area (Å²) in [6, 6.07) is 1.48. The summed E-state index contributed by atoms with van der Waals surface area (Å²) < 4.78 is 0. The Balaban J connectivity index is 1.35. The maximum Gasteiger partial charge on any atom is 0.328 e. The van der Waals surface area contributed by atoms with Gasteiger partial charge in [-0.15, -0.1) is 0 Å². The molecule has 3 aliphatic heterocycles. The first-order valence-electron chi connectivity index (χ1n) is 8.10. The predicted octanol–water partition coefficient (Wildman–Crippen LogP) is -0.0173. The number of hydrogen-bond donors (Lipinski definition) is 0. The number of rotatable bonds is 3. The van der Waals surface area contributed by atoms with Gasteiger partial charge in [-0.3, -0.25) is 9.69 Å². The molecule has 0 aromatic carbocycles. The largest absolute Gasteiger partial charge is 0.338 e. The van der Waals surface area contributed by atoms with E-state index in [9.17, 15) is 9.59 Å². The van der Waals surface area contributed by atoms with Crippen molar-refractivity contribution >= 4 is 17.9 Å². The molecule has 1 aromatic rings. The standard InChI is InChI=1S/C15H20N6O2/c22-13-12-3-1-6-20(12)15(23)21(13)11-18-7-9-19(10-8-18)14-16-4-2-5-17-14/h2,4-5,12H,1,3,6-11H2. The molecule has 8 heteroatoms. The molecule has 0 N–H and O–H groups in total. The SMILES string of the molecule is O=C1C2CCCN2C(=O)N1CN1CCN(c2ncccn2)CC1. The minimum Gasteiger partial charge on any atom is -0.338 e. The van der Waals surface area contributed by atoms with Crippen molar-refractivity contribution in [2.75, 3.05) is 44.3 Å². The number of carbonyl (C=O) groups excluding carboxylic acids is 2. The van der Waals surface area contributed by atoms with Crippen molar-refractivity contribution in [3.63, 3.8) is 0 Å². The van der Waals surface area contributed by atoms with Crippen LogP contribution in [-0.2, 0) is 4.79 Å². The third-order valence-electron chi connectivity index (χ3n) is 4.83. The molecular weight excluding hydrogens is 296 g/mol. The van der Waals surface area contributed by atoms with Gasteiger partial charge in [0.05, 0.1) is 6.67 Å². The molecule has 0 spiro atoms. The molecule has 23 heavy (non-hydrogen) atoms. The third-order valence-corrected chi connectivity index (χ3v) is 4.83. The van der Waals surface area contributed by atoms with Gasteiger partial charge in [0.2, 0.25) is 5.95 Å². The molecule has 0 bridgehead atoms. The lowest BCUT2D eigenvalue weighted by atomic mass is 10.2. The molecule has 0 saturated carbocycles. The Hall–Kier alpha value is -2.22. The third kappa shape index (κ3) is 2.52. The van der Waals surface area contributed by atoms with Gasteiger partial charge in [0.25, 0.3) is 5.91 Å². The Kier molecular flexibility index (Phi) is 3.60. The number of fused-ring (bicyclic) bond motifs is 1. The van der Waals surface area contributed by atoms with E-state index >= 15 is 0 Å². The predicted molar refractivity (Wildman–Crippen MR) is 82.7 cm³/mol. The van der Waals surface area contributed by atoms with E-state index in [4.69, 9.17) is 0 Å². The van der Waals surface area contributed by atoms with Crippen molar-refractivity contribution in [3.8, 4) is 0 Å². The number of piperazine rings is 1. The average molecular weight is 316 g/mol. The quantitative estimate of drug-likeness (QED) is 0.730. The van der Waals surface area contributed by atoms with Crippen LogP contribution in [0.1, 0.15) is 12.8 Å². The normalized spacial score (nSPS) is 25.4. The summed E-state index contributed by atoms with van der Waals surface area (Å²) in [6.07, 6.45) is 5.22. The second kappa shape index (κ2) is 5.77. The van der Waals surface area contributed by atoms with Crippen LogP contribution in [0.4, 0.5) is 10.7 Å². The summed E-state index contributed by atoms with van der Waals surface area (Å²) in [5, 5.41) is 0. The maximum atomic E-state index is 12.4. The van der Waals surface area contributed by atoms with Crippen molar-refractivity contribution in [3.05, 3.63) is 18.5 Å². The Morgan fingerprint density at radius 1 is 1.04 bits per heavy atom. The Bertz CT molecular complexity index is 579. The van der Waals surface area contributed by atoms with Crippen LogP contribution in [-0.4, -0.2) is 82.0 Å². The van der Waals surface area contributed by atoms with E-state index in [0.29, 0.717) is 13.2 Å². The van der Waals surface area contributed by atoms with Crippen LogP contribution < -0.4 is 4.90 Å². The van der Waals surface area contributed by atoms with Crippen molar-refractivity contribution in [2.24, 2.45) is 0 Å². The van der Waals surface area contributed by atoms with Crippen LogP contribution >= 0.6 is 0 Å². The van der Waals surface area contributed by atoms with Gasteiger partial charge in [-0.1, -0.05) is 0 Å². The van der Waals surface area contributed by atoms with Crippen molar-refractivity contribution in [2.45, 2.75) is 18.9 Å². The number of anilines is 1. The van der Waals surface area contributed by atoms with Crippen LogP contribution in [0.3, 0.4) is 0 Å². The summed E-state index contributed by atoms with van der Waals surface area (Å²) in [7, 11) is 0. The number of amides is 3. The summed E-state index contributed by atoms with van der Waals surface area (Å²) in [4.78, 5) is 40.6. The second-order valence-corrected chi connectivity index (χ2v) is 6.20. The Morgan fingerprint density at radius 3 is 2.48 bits per heavy atom. The zero-order chi connectivity index (χ0) is 15.8. The molecule has 122 valence electrons. The number of aromatic nitrogens is 2. The molecule has 1 aromatic heterocycles. The van der Waals surface area contributed by atoms with E-state index in [1.54, 1.807) is 23.4 Å². The van der Waals surface area contributed by atoms with Crippen LogP contribution in [0.25, 0.3) is 0 Å². The molecule has 8 nitrogen and oxygen atoms in total. The number of urea groups is 1. The molecule has 3 fully saturated rings. The fraction of sp³-hybridized carbons (Fsp3) is 0.600. The van der Waals surface area contributed by atoms with Gasteiger partial charge in [0, 0.05) is 45.1 Å². The first-order chi connectivity index (χ1) is 11.2. The summed E-state index contributed by atoms with van der Waals surface area (Å²) in [5.41, 5.74) is 0. The first kappa shape index (κ1) is 14.4. The summed E-state index contributed by atoms with van der Waals surface area (Å²) >= 11 is 0. The zero-order valence-electron chi connectivity index (χ0n) is 13.0. The van der Waals surface area contributed by atoms with Gasteiger partial charge in [-0.05, 0) is 18.9 Å². The first-order valence-corrected chi connectivity index (χ1v) is 8.10. The lowest BCUT2D eigenvalue weighted by molar-refractivity contribution is -0.129. The van der Waals surface area contributed by atoms with Crippen molar-refractivity contribution < 1.29 is 9.59 Å². The van der Waals surface area contributed by atoms with E-state index in [1.807, 2.05) is 0 Å². The lowest BCUT2D eigenvalue weighted by Gasteiger charge is -2.35. The topological polar surface area (TPSA) is 72.9 Å². The highest BCUT2D eigenvalue weighted by Crippen LogP contribution is 2.27. The van der Waals surface area contributed by atoms with E-state index < -0.39 is 0 Å². The highest BCUT2D eigenvalue weighted by atomic mass is 16.2. The van der Waals surface area contributed by atoms with Crippen molar-refractivity contribution in [1.29, 1.82) is 0 Å². The zero-order valence-corrected chi connectivity index (χ0v) is 13.0. The minimum atomic E-state index is -0.207. The van der Waals surface area contributed by atoms with Gasteiger partial charge in [0.15, 0.2) is 0 Å². The second-order valence-electron chi connectivity index (χ2n) is 6.20. The molecule has 4 heterocycles. The molecule has 1 unspecified atom stereocenters. The fourth-order valence-corrected chi connectivity index (χ4v) is 3.56. The number of nitrogens with zero attached hydrogens (tertiary/aromatic N) is 6. The monoisotopic (exact) mass is 316 g/mol. The van der Waals surface area contributed by atoms with Gasteiger partial charge < -0.3 is 9.80 Å². The number of carbonyl (C=O) groups is 2. The molecule has 0 aliphatic carbocycles. The molecule has 0 radical (unpaired) electrons. The van der Waals surface area contributed by atoms with Gasteiger partial charge in [0.1, 0.15) is 6.04 Å². The van der Waals surface area contributed by atoms with Crippen LogP contribution in [0.5, 0.6) is 0 Å². The van der Waals surface area contributed by atoms with Gasteiger partial charge in [-0.25, -0.2) is 19.7 Å². The van der Waals surface area contributed by atoms with E-state index in [1.165, 1.54) is 4.90 Å². The highest BCUT2D eigenvalue weighted by Gasteiger charge is 2.47. The van der Waals surface area contributed by atoms with E-state index in [0.717, 1.165) is 45.0 Å². The summed E-state index contributed by atoms with van der Waals surface area (Å²) in [5.74, 6) is 0.711. The number of hydrogen-bond acceptors (Lipinski definition) is 6. The van der Waals surface area contributed by atoms with Gasteiger partial charge >= 0.3 is 6.03 Å².